The Morgan fingerprint density at radius 2 is 2.00 bits per heavy atom. The molecule has 1 aliphatic heterocycles. The molecule has 12 heavy (non-hydrogen) atoms. The lowest BCUT2D eigenvalue weighted by Crippen LogP contribution is -2.18. The third kappa shape index (κ3) is 1.37. The van der Waals surface area contributed by atoms with E-state index in [4.69, 9.17) is 0 Å². The van der Waals surface area contributed by atoms with Crippen molar-refractivity contribution in [3.05, 3.63) is 42.5 Å². The second-order valence-corrected chi connectivity index (χ2v) is 2.61. The fraction of sp³-hybridized carbons (Fsp3) is 0.100. The molecule has 0 saturated carbocycles. The van der Waals surface area contributed by atoms with Gasteiger partial charge < -0.3 is 0 Å². The predicted octanol–water partition coefficient (Wildman–Crippen LogP) is 2.05. The summed E-state index contributed by atoms with van der Waals surface area (Å²) in [4.78, 5) is 0. The smallest absolute Gasteiger partial charge is 0.0600 e. The zero-order chi connectivity index (χ0) is 8.23. The second kappa shape index (κ2) is 3.22. The van der Waals surface area contributed by atoms with Crippen molar-refractivity contribution < 1.29 is 0 Å². The SMILES string of the molecule is C1=CCN(c2ccccc2)N=C1. The van der Waals surface area contributed by atoms with Crippen molar-refractivity contribution >= 4 is 11.9 Å². The van der Waals surface area contributed by atoms with Crippen LogP contribution in [0.25, 0.3) is 0 Å². The molecule has 0 N–H and O–H groups in total. The predicted molar refractivity (Wildman–Crippen MR) is 51.4 cm³/mol. The van der Waals surface area contributed by atoms with Crippen LogP contribution in [-0.2, 0) is 0 Å². The van der Waals surface area contributed by atoms with E-state index >= 15 is 0 Å². The highest BCUT2D eigenvalue weighted by Gasteiger charge is 2.01. The molecule has 0 radical (unpaired) electrons. The van der Waals surface area contributed by atoms with Gasteiger partial charge >= 0.3 is 0 Å². The summed E-state index contributed by atoms with van der Waals surface area (Å²) >= 11 is 0. The summed E-state index contributed by atoms with van der Waals surface area (Å²) in [6, 6.07) is 10.1. The highest BCUT2D eigenvalue weighted by Crippen LogP contribution is 2.13. The standard InChI is InChI=1S/C10H10N2/c1-2-6-10(7-3-1)12-9-5-4-8-11-12/h1-8H,9H2. The van der Waals surface area contributed by atoms with Gasteiger partial charge in [-0.3, -0.25) is 5.01 Å². The van der Waals surface area contributed by atoms with Crippen LogP contribution >= 0.6 is 0 Å². The quantitative estimate of drug-likeness (QED) is 0.610. The maximum absolute atomic E-state index is 4.22. The van der Waals surface area contributed by atoms with Crippen molar-refractivity contribution in [2.45, 2.75) is 0 Å². The van der Waals surface area contributed by atoms with Crippen LogP contribution in [0, 0.1) is 0 Å². The van der Waals surface area contributed by atoms with Gasteiger partial charge in [-0.1, -0.05) is 24.3 Å². The minimum absolute atomic E-state index is 0.862. The molecule has 60 valence electrons. The third-order valence-electron chi connectivity index (χ3n) is 1.76. The van der Waals surface area contributed by atoms with Crippen LogP contribution < -0.4 is 5.01 Å². The maximum atomic E-state index is 4.22. The molecule has 0 amide bonds. The van der Waals surface area contributed by atoms with Gasteiger partial charge in [0.25, 0.3) is 0 Å². The van der Waals surface area contributed by atoms with Gasteiger partial charge in [0.05, 0.1) is 12.2 Å². The first-order valence-electron chi connectivity index (χ1n) is 3.98. The molecule has 0 atom stereocenters. The summed E-state index contributed by atoms with van der Waals surface area (Å²) in [6.07, 6.45) is 5.84. The molecule has 0 bridgehead atoms. The monoisotopic (exact) mass is 158 g/mol. The molecule has 0 saturated heterocycles. The van der Waals surface area contributed by atoms with Crippen LogP contribution in [0.5, 0.6) is 0 Å². The lowest BCUT2D eigenvalue weighted by molar-refractivity contribution is 0.937. The zero-order valence-electron chi connectivity index (χ0n) is 6.72. The van der Waals surface area contributed by atoms with E-state index < -0.39 is 0 Å². The first-order valence-corrected chi connectivity index (χ1v) is 3.98. The molecule has 2 rings (SSSR count). The number of hydrogen-bond donors (Lipinski definition) is 0. The number of para-hydroxylation sites is 1. The molecule has 0 fully saturated rings. The van der Waals surface area contributed by atoms with E-state index in [1.54, 1.807) is 6.21 Å². The number of nitrogens with zero attached hydrogens (tertiary/aromatic N) is 2. The van der Waals surface area contributed by atoms with Crippen molar-refractivity contribution in [3.63, 3.8) is 0 Å². The van der Waals surface area contributed by atoms with Crippen LogP contribution in [0.1, 0.15) is 0 Å². The second-order valence-electron chi connectivity index (χ2n) is 2.61. The fourth-order valence-corrected chi connectivity index (χ4v) is 1.16. The van der Waals surface area contributed by atoms with Gasteiger partial charge in [0.2, 0.25) is 0 Å². The summed E-state index contributed by atoms with van der Waals surface area (Å²) < 4.78 is 0. The van der Waals surface area contributed by atoms with Gasteiger partial charge in [0.1, 0.15) is 0 Å². The number of benzene rings is 1. The molecule has 0 aliphatic carbocycles. The van der Waals surface area contributed by atoms with Crippen molar-refractivity contribution in [1.82, 2.24) is 0 Å². The Kier molecular flexibility index (Phi) is 1.90. The minimum atomic E-state index is 0.862. The fourth-order valence-electron chi connectivity index (χ4n) is 1.16. The van der Waals surface area contributed by atoms with Crippen molar-refractivity contribution in [2.75, 3.05) is 11.6 Å². The molecule has 2 nitrogen and oxygen atoms in total. The highest BCUT2D eigenvalue weighted by atomic mass is 15.4. The Labute approximate surface area is 71.8 Å². The molecule has 0 spiro atoms. The van der Waals surface area contributed by atoms with Crippen LogP contribution in [0.3, 0.4) is 0 Å². The van der Waals surface area contributed by atoms with Crippen LogP contribution in [0.4, 0.5) is 5.69 Å². The molecular weight excluding hydrogens is 148 g/mol. The van der Waals surface area contributed by atoms with Crippen LogP contribution in [-0.4, -0.2) is 12.8 Å². The van der Waals surface area contributed by atoms with E-state index in [0.29, 0.717) is 0 Å². The van der Waals surface area contributed by atoms with Gasteiger partial charge in [-0.05, 0) is 18.2 Å². The number of rotatable bonds is 1. The van der Waals surface area contributed by atoms with E-state index in [9.17, 15) is 0 Å². The Morgan fingerprint density at radius 3 is 2.67 bits per heavy atom. The first-order chi connectivity index (χ1) is 5.97. The lowest BCUT2D eigenvalue weighted by Gasteiger charge is -2.18. The molecule has 0 aromatic heterocycles. The van der Waals surface area contributed by atoms with Crippen molar-refractivity contribution in [1.29, 1.82) is 0 Å². The molecular formula is C10H10N2. The summed E-state index contributed by atoms with van der Waals surface area (Å²) in [5.74, 6) is 0. The molecule has 0 unspecified atom stereocenters. The van der Waals surface area contributed by atoms with Gasteiger partial charge in [-0.15, -0.1) is 0 Å². The van der Waals surface area contributed by atoms with Crippen LogP contribution in [0.2, 0.25) is 0 Å². The first kappa shape index (κ1) is 7.10. The number of allylic oxidation sites excluding steroid dienone is 1. The van der Waals surface area contributed by atoms with Crippen LogP contribution in [0.15, 0.2) is 47.6 Å². The Morgan fingerprint density at radius 1 is 1.17 bits per heavy atom. The Bertz CT molecular complexity index is 301. The average Bonchev–Trinajstić information content (AvgIpc) is 2.21. The number of hydrazone groups is 1. The van der Waals surface area contributed by atoms with Gasteiger partial charge in [-0.25, -0.2) is 0 Å². The van der Waals surface area contributed by atoms with E-state index in [1.165, 1.54) is 0 Å². The topological polar surface area (TPSA) is 15.6 Å². The van der Waals surface area contributed by atoms with Crippen molar-refractivity contribution in [2.24, 2.45) is 5.10 Å². The summed E-state index contributed by atoms with van der Waals surface area (Å²) in [6.45, 7) is 0.862. The molecule has 1 aliphatic rings. The highest BCUT2D eigenvalue weighted by molar-refractivity contribution is 5.74. The van der Waals surface area contributed by atoms with E-state index in [-0.39, 0.29) is 0 Å². The van der Waals surface area contributed by atoms with Crippen molar-refractivity contribution in [3.8, 4) is 0 Å². The number of anilines is 1. The minimum Gasteiger partial charge on any atom is -0.262 e. The van der Waals surface area contributed by atoms with Gasteiger partial charge in [0, 0.05) is 6.21 Å². The summed E-state index contributed by atoms with van der Waals surface area (Å²) in [7, 11) is 0. The summed E-state index contributed by atoms with van der Waals surface area (Å²) in [5.41, 5.74) is 1.14. The average molecular weight is 158 g/mol. The molecule has 1 aromatic rings. The lowest BCUT2D eigenvalue weighted by atomic mass is 10.3. The van der Waals surface area contributed by atoms with E-state index in [0.717, 1.165) is 12.2 Å². The zero-order valence-corrected chi connectivity index (χ0v) is 6.72. The molecule has 2 heteroatoms. The van der Waals surface area contributed by atoms with E-state index in [2.05, 4.69) is 23.3 Å². The Balaban J connectivity index is 2.21. The maximum Gasteiger partial charge on any atom is 0.0600 e. The van der Waals surface area contributed by atoms with Gasteiger partial charge in [-0.2, -0.15) is 5.10 Å². The molecule has 1 heterocycles. The normalized spacial score (nSPS) is 15.2. The van der Waals surface area contributed by atoms with E-state index in [1.807, 2.05) is 29.3 Å². The Hall–Kier alpha value is -1.57. The third-order valence-corrected chi connectivity index (χ3v) is 1.76. The van der Waals surface area contributed by atoms with Gasteiger partial charge in [0.15, 0.2) is 0 Å². The summed E-state index contributed by atoms with van der Waals surface area (Å²) in [5, 5.41) is 6.18. The molecule has 1 aromatic carbocycles. The largest absolute Gasteiger partial charge is 0.262 e. The number of hydrogen-bond acceptors (Lipinski definition) is 2.